The average molecular weight is 325 g/mol. The van der Waals surface area contributed by atoms with Crippen LogP contribution in [-0.4, -0.2) is 33.4 Å². The zero-order chi connectivity index (χ0) is 17.1. The molecule has 4 heteroatoms. The molecule has 0 spiro atoms. The quantitative estimate of drug-likeness (QED) is 0.839. The molecule has 128 valence electrons. The second kappa shape index (κ2) is 7.20. The highest BCUT2D eigenvalue weighted by molar-refractivity contribution is 5.76. The second-order valence-corrected chi connectivity index (χ2v) is 7.29. The van der Waals surface area contributed by atoms with Crippen LogP contribution in [0.25, 0.3) is 11.4 Å². The molecule has 1 aliphatic rings. The van der Waals surface area contributed by atoms with E-state index in [0.29, 0.717) is 24.2 Å². The Morgan fingerprint density at radius 2 is 2.04 bits per heavy atom. The van der Waals surface area contributed by atoms with Crippen LogP contribution in [0.3, 0.4) is 0 Å². The number of likely N-dealkylation sites (tertiary alicyclic amines) is 1. The Hall–Kier alpha value is -2.10. The predicted octanol–water partition coefficient (Wildman–Crippen LogP) is 3.75. The second-order valence-electron chi connectivity index (χ2n) is 7.29. The fraction of sp³-hybridized carbons (Fsp3) is 0.500. The minimum absolute atomic E-state index is 0.304. The van der Waals surface area contributed by atoms with Crippen molar-refractivity contribution in [3.05, 3.63) is 42.2 Å². The number of carbonyl (C=O) groups is 1. The van der Waals surface area contributed by atoms with E-state index >= 15 is 0 Å². The summed E-state index contributed by atoms with van der Waals surface area (Å²) in [6, 6.07) is 10.3. The van der Waals surface area contributed by atoms with E-state index in [2.05, 4.69) is 42.5 Å². The van der Waals surface area contributed by atoms with Crippen molar-refractivity contribution in [2.45, 2.75) is 40.2 Å². The highest BCUT2D eigenvalue weighted by atomic mass is 16.2. The molecule has 0 N–H and O–H groups in total. The number of amides is 1. The van der Waals surface area contributed by atoms with E-state index in [1.165, 1.54) is 5.69 Å². The summed E-state index contributed by atoms with van der Waals surface area (Å²) in [5.41, 5.74) is 2.33. The van der Waals surface area contributed by atoms with Gasteiger partial charge in [-0.3, -0.25) is 4.79 Å². The van der Waals surface area contributed by atoms with Gasteiger partial charge in [0, 0.05) is 43.5 Å². The van der Waals surface area contributed by atoms with Crippen molar-refractivity contribution in [1.82, 2.24) is 14.5 Å². The predicted molar refractivity (Wildman–Crippen MR) is 96.5 cm³/mol. The van der Waals surface area contributed by atoms with Crippen LogP contribution in [0.4, 0.5) is 0 Å². The van der Waals surface area contributed by atoms with E-state index in [1.54, 1.807) is 0 Å². The molecular formula is C20H27N3O. The lowest BCUT2D eigenvalue weighted by atomic mass is 10.1. The Labute approximate surface area is 144 Å². The van der Waals surface area contributed by atoms with Gasteiger partial charge in [0.25, 0.3) is 0 Å². The van der Waals surface area contributed by atoms with Crippen LogP contribution < -0.4 is 0 Å². The Bertz CT molecular complexity index is 690. The van der Waals surface area contributed by atoms with E-state index < -0.39 is 0 Å². The fourth-order valence-electron chi connectivity index (χ4n) is 3.45. The van der Waals surface area contributed by atoms with E-state index in [1.807, 2.05) is 29.3 Å². The van der Waals surface area contributed by atoms with Crippen LogP contribution in [0.1, 0.15) is 32.4 Å². The maximum absolute atomic E-state index is 12.3. The first kappa shape index (κ1) is 16.7. The normalized spacial score (nSPS) is 17.7. The number of rotatable bonds is 5. The zero-order valence-electron chi connectivity index (χ0n) is 14.9. The maximum Gasteiger partial charge on any atom is 0.222 e. The molecule has 1 aliphatic heterocycles. The molecule has 0 bridgehead atoms. The van der Waals surface area contributed by atoms with Gasteiger partial charge in [0.1, 0.15) is 5.82 Å². The third-order valence-electron chi connectivity index (χ3n) is 4.75. The Balaban J connectivity index is 1.70. The van der Waals surface area contributed by atoms with Crippen LogP contribution in [0.5, 0.6) is 0 Å². The van der Waals surface area contributed by atoms with Crippen LogP contribution >= 0.6 is 0 Å². The highest BCUT2D eigenvalue weighted by Gasteiger charge is 2.27. The summed E-state index contributed by atoms with van der Waals surface area (Å²) >= 11 is 0. The number of imidazole rings is 1. The summed E-state index contributed by atoms with van der Waals surface area (Å²) in [6.45, 7) is 9.01. The van der Waals surface area contributed by atoms with Crippen molar-refractivity contribution >= 4 is 5.91 Å². The van der Waals surface area contributed by atoms with Gasteiger partial charge in [-0.25, -0.2) is 4.98 Å². The molecule has 0 radical (unpaired) electrons. The summed E-state index contributed by atoms with van der Waals surface area (Å²) in [5, 5.41) is 0. The lowest BCUT2D eigenvalue weighted by Crippen LogP contribution is -2.30. The lowest BCUT2D eigenvalue weighted by molar-refractivity contribution is -0.131. The van der Waals surface area contributed by atoms with E-state index in [9.17, 15) is 4.79 Å². The number of aryl methyl sites for hydroxylation is 1. The van der Waals surface area contributed by atoms with Gasteiger partial charge in [0.05, 0.1) is 0 Å². The summed E-state index contributed by atoms with van der Waals surface area (Å²) in [6.07, 6.45) is 3.68. The largest absolute Gasteiger partial charge is 0.342 e. The van der Waals surface area contributed by atoms with Crippen molar-refractivity contribution in [2.24, 2.45) is 11.8 Å². The third kappa shape index (κ3) is 3.69. The molecule has 1 amide bonds. The molecule has 0 aliphatic carbocycles. The van der Waals surface area contributed by atoms with E-state index in [4.69, 9.17) is 0 Å². The number of nitrogens with zero attached hydrogens (tertiary/aromatic N) is 3. The first-order valence-corrected chi connectivity index (χ1v) is 8.90. The maximum atomic E-state index is 12.3. The first-order valence-electron chi connectivity index (χ1n) is 8.90. The van der Waals surface area contributed by atoms with Gasteiger partial charge in [-0.15, -0.1) is 0 Å². The van der Waals surface area contributed by atoms with E-state index in [-0.39, 0.29) is 0 Å². The molecule has 2 aromatic rings. The van der Waals surface area contributed by atoms with Crippen LogP contribution in [0, 0.1) is 18.8 Å². The standard InChI is InChI=1S/C20H27N3O/c1-15(2)11-19(24)22-10-9-17(13-22)14-23-16(3)12-21-20(23)18-7-5-4-6-8-18/h4-8,12,15,17H,9-11,13-14H2,1-3H3. The van der Waals surface area contributed by atoms with Crippen LogP contribution in [0.2, 0.25) is 0 Å². The van der Waals surface area contributed by atoms with Crippen molar-refractivity contribution in [1.29, 1.82) is 0 Å². The van der Waals surface area contributed by atoms with Gasteiger partial charge in [-0.1, -0.05) is 44.2 Å². The molecule has 4 nitrogen and oxygen atoms in total. The van der Waals surface area contributed by atoms with Crippen LogP contribution in [-0.2, 0) is 11.3 Å². The van der Waals surface area contributed by atoms with Gasteiger partial charge >= 0.3 is 0 Å². The SMILES string of the molecule is Cc1cnc(-c2ccccc2)n1CC1CCN(C(=O)CC(C)C)C1. The Morgan fingerprint density at radius 1 is 1.29 bits per heavy atom. The van der Waals surface area contributed by atoms with Crippen molar-refractivity contribution in [3.63, 3.8) is 0 Å². The molecule has 1 aromatic heterocycles. The summed E-state index contributed by atoms with van der Waals surface area (Å²) in [5.74, 6) is 2.27. The minimum atomic E-state index is 0.304. The number of benzene rings is 1. The van der Waals surface area contributed by atoms with Crippen LogP contribution in [0.15, 0.2) is 36.5 Å². The minimum Gasteiger partial charge on any atom is -0.342 e. The summed E-state index contributed by atoms with van der Waals surface area (Å²) in [7, 11) is 0. The third-order valence-corrected chi connectivity index (χ3v) is 4.75. The topological polar surface area (TPSA) is 38.1 Å². The molecule has 2 heterocycles. The van der Waals surface area contributed by atoms with Gasteiger partial charge in [0.15, 0.2) is 0 Å². The van der Waals surface area contributed by atoms with Gasteiger partial charge in [-0.05, 0) is 25.2 Å². The number of hydrogen-bond acceptors (Lipinski definition) is 2. The van der Waals surface area contributed by atoms with E-state index in [0.717, 1.165) is 37.4 Å². The number of hydrogen-bond donors (Lipinski definition) is 0. The molecule has 0 saturated carbocycles. The number of aromatic nitrogens is 2. The molecule has 1 atom stereocenters. The molecule has 3 rings (SSSR count). The molecule has 1 saturated heterocycles. The van der Waals surface area contributed by atoms with Gasteiger partial charge < -0.3 is 9.47 Å². The fourth-order valence-corrected chi connectivity index (χ4v) is 3.45. The summed E-state index contributed by atoms with van der Waals surface area (Å²) < 4.78 is 2.30. The molecule has 1 fully saturated rings. The molecule has 1 aromatic carbocycles. The monoisotopic (exact) mass is 325 g/mol. The summed E-state index contributed by atoms with van der Waals surface area (Å²) in [4.78, 5) is 18.9. The number of carbonyl (C=O) groups excluding carboxylic acids is 1. The lowest BCUT2D eigenvalue weighted by Gasteiger charge is -2.19. The zero-order valence-corrected chi connectivity index (χ0v) is 14.9. The van der Waals surface area contributed by atoms with Crippen molar-refractivity contribution < 1.29 is 4.79 Å². The van der Waals surface area contributed by atoms with Gasteiger partial charge in [0.2, 0.25) is 5.91 Å². The smallest absolute Gasteiger partial charge is 0.222 e. The van der Waals surface area contributed by atoms with Crippen molar-refractivity contribution in [2.75, 3.05) is 13.1 Å². The average Bonchev–Trinajstić information content (AvgIpc) is 3.16. The Kier molecular flexibility index (Phi) is 5.03. The van der Waals surface area contributed by atoms with Crippen molar-refractivity contribution in [3.8, 4) is 11.4 Å². The molecule has 1 unspecified atom stereocenters. The Morgan fingerprint density at radius 3 is 2.75 bits per heavy atom. The highest BCUT2D eigenvalue weighted by Crippen LogP contribution is 2.25. The molecule has 24 heavy (non-hydrogen) atoms. The molecular weight excluding hydrogens is 298 g/mol. The first-order chi connectivity index (χ1) is 11.5. The van der Waals surface area contributed by atoms with Gasteiger partial charge in [-0.2, -0.15) is 0 Å².